The van der Waals surface area contributed by atoms with Gasteiger partial charge in [-0.3, -0.25) is 0 Å². The molecule has 1 N–H and O–H groups in total. The maximum atomic E-state index is 13.4. The second kappa shape index (κ2) is 9.71. The molecule has 2 fully saturated rings. The highest BCUT2D eigenvalue weighted by Crippen LogP contribution is 2.34. The Hall–Kier alpha value is -2.36. The van der Waals surface area contributed by atoms with E-state index in [4.69, 9.17) is 4.74 Å². The summed E-state index contributed by atoms with van der Waals surface area (Å²) < 4.78 is 35.9. The Morgan fingerprint density at radius 1 is 1.00 bits per heavy atom. The zero-order valence-corrected chi connectivity index (χ0v) is 21.8. The third kappa shape index (κ3) is 5.16. The van der Waals surface area contributed by atoms with E-state index in [9.17, 15) is 8.42 Å². The smallest absolute Gasteiger partial charge is 0.243 e. The molecule has 2 aliphatic rings. The van der Waals surface area contributed by atoms with E-state index in [1.54, 1.807) is 6.07 Å². The van der Waals surface area contributed by atoms with Crippen molar-refractivity contribution in [3.63, 3.8) is 0 Å². The maximum absolute atomic E-state index is 13.4. The lowest BCUT2D eigenvalue weighted by Gasteiger charge is -2.28. The minimum absolute atomic E-state index is 0.118. The molecule has 4 rings (SSSR count). The standard InChI is InChI=1S/C25H37N5O3S/c1-19-16-21(18-26-27-25(3,4)5)20(2)30(19)24-17-22(8-9-23(24)28-10-6-7-11-28)34(31,32)29-12-14-33-15-13-29/h8-9,16-18,27H,6-7,10-15H2,1-5H3. The van der Waals surface area contributed by atoms with Gasteiger partial charge < -0.3 is 19.6 Å². The number of anilines is 1. The van der Waals surface area contributed by atoms with Crippen LogP contribution in [-0.2, 0) is 14.8 Å². The van der Waals surface area contributed by atoms with E-state index in [1.807, 2.05) is 18.3 Å². The normalized spacial score (nSPS) is 18.2. The van der Waals surface area contributed by atoms with Crippen molar-refractivity contribution < 1.29 is 13.2 Å². The molecule has 9 heteroatoms. The van der Waals surface area contributed by atoms with Gasteiger partial charge in [-0.25, -0.2) is 8.42 Å². The zero-order valence-electron chi connectivity index (χ0n) is 21.0. The highest BCUT2D eigenvalue weighted by atomic mass is 32.2. The largest absolute Gasteiger partial charge is 0.379 e. The molecule has 8 nitrogen and oxygen atoms in total. The molecule has 0 saturated carbocycles. The number of hydrazone groups is 1. The predicted molar refractivity (Wildman–Crippen MR) is 137 cm³/mol. The van der Waals surface area contributed by atoms with E-state index < -0.39 is 10.0 Å². The van der Waals surface area contributed by atoms with E-state index >= 15 is 0 Å². The van der Waals surface area contributed by atoms with E-state index in [0.717, 1.165) is 54.3 Å². The van der Waals surface area contributed by atoms with Gasteiger partial charge in [-0.2, -0.15) is 9.41 Å². The van der Waals surface area contributed by atoms with Crippen LogP contribution in [0, 0.1) is 13.8 Å². The molecule has 0 radical (unpaired) electrons. The first-order chi connectivity index (χ1) is 16.1. The average molecular weight is 488 g/mol. The summed E-state index contributed by atoms with van der Waals surface area (Å²) in [5, 5.41) is 4.43. The van der Waals surface area contributed by atoms with E-state index in [2.05, 4.69) is 60.7 Å². The number of hydrogen-bond donors (Lipinski definition) is 1. The van der Waals surface area contributed by atoms with Gasteiger partial charge >= 0.3 is 0 Å². The van der Waals surface area contributed by atoms with Gasteiger partial charge in [-0.15, -0.1) is 0 Å². The minimum atomic E-state index is -3.60. The number of aromatic nitrogens is 1. The number of benzene rings is 1. The van der Waals surface area contributed by atoms with Crippen molar-refractivity contribution in [3.8, 4) is 5.69 Å². The number of rotatable bonds is 6. The number of nitrogens with one attached hydrogen (secondary N) is 1. The van der Waals surface area contributed by atoms with Gasteiger partial charge in [0.05, 0.1) is 35.7 Å². The minimum Gasteiger partial charge on any atom is -0.379 e. The molecule has 1 aromatic heterocycles. The summed E-state index contributed by atoms with van der Waals surface area (Å²) in [5.74, 6) is 0. The Morgan fingerprint density at radius 2 is 1.68 bits per heavy atom. The van der Waals surface area contributed by atoms with Crippen LogP contribution >= 0.6 is 0 Å². The summed E-state index contributed by atoms with van der Waals surface area (Å²) in [6.07, 6.45) is 4.13. The van der Waals surface area contributed by atoms with Crippen molar-refractivity contribution >= 4 is 21.9 Å². The highest BCUT2D eigenvalue weighted by molar-refractivity contribution is 7.89. The maximum Gasteiger partial charge on any atom is 0.243 e. The lowest BCUT2D eigenvalue weighted by molar-refractivity contribution is 0.0730. The molecule has 0 atom stereocenters. The van der Waals surface area contributed by atoms with E-state index in [1.165, 1.54) is 4.31 Å². The molecule has 1 aromatic carbocycles. The molecule has 0 amide bonds. The molecular weight excluding hydrogens is 450 g/mol. The number of hydrogen-bond acceptors (Lipinski definition) is 6. The van der Waals surface area contributed by atoms with Crippen molar-refractivity contribution in [3.05, 3.63) is 41.2 Å². The number of sulfonamides is 1. The van der Waals surface area contributed by atoms with Crippen LogP contribution in [0.5, 0.6) is 0 Å². The van der Waals surface area contributed by atoms with Gasteiger partial charge in [0.2, 0.25) is 10.0 Å². The van der Waals surface area contributed by atoms with Crippen LogP contribution in [0.1, 0.15) is 50.6 Å². The Balaban J connectivity index is 1.79. The first-order valence-electron chi connectivity index (χ1n) is 12.0. The fourth-order valence-electron chi connectivity index (χ4n) is 4.59. The fraction of sp³-hybridized carbons (Fsp3) is 0.560. The van der Waals surface area contributed by atoms with Crippen LogP contribution in [0.2, 0.25) is 0 Å². The first-order valence-corrected chi connectivity index (χ1v) is 13.5. The Kier molecular flexibility index (Phi) is 7.07. The average Bonchev–Trinajstić information content (AvgIpc) is 3.41. The Labute approximate surface area is 203 Å². The molecule has 2 aliphatic heterocycles. The lowest BCUT2D eigenvalue weighted by atomic mass is 10.1. The van der Waals surface area contributed by atoms with Crippen molar-refractivity contribution in [1.82, 2.24) is 14.3 Å². The van der Waals surface area contributed by atoms with Crippen molar-refractivity contribution in [2.45, 2.75) is 57.9 Å². The van der Waals surface area contributed by atoms with Crippen molar-refractivity contribution in [2.24, 2.45) is 5.10 Å². The SMILES string of the molecule is Cc1cc(C=NNC(C)(C)C)c(C)n1-c1cc(S(=O)(=O)N2CCOCC2)ccc1N1CCCC1. The van der Waals surface area contributed by atoms with Crippen LogP contribution in [0.3, 0.4) is 0 Å². The third-order valence-electron chi connectivity index (χ3n) is 6.32. The fourth-order valence-corrected chi connectivity index (χ4v) is 6.02. The van der Waals surface area contributed by atoms with Crippen LogP contribution in [0.25, 0.3) is 5.69 Å². The summed E-state index contributed by atoms with van der Waals surface area (Å²) in [7, 11) is -3.60. The van der Waals surface area contributed by atoms with Gasteiger partial charge in [0, 0.05) is 48.7 Å². The molecule has 0 aliphatic carbocycles. The monoisotopic (exact) mass is 487 g/mol. The van der Waals surface area contributed by atoms with Crippen LogP contribution < -0.4 is 10.3 Å². The summed E-state index contributed by atoms with van der Waals surface area (Å²) in [6.45, 7) is 13.9. The predicted octanol–water partition coefficient (Wildman–Crippen LogP) is 3.44. The second-order valence-electron chi connectivity index (χ2n) is 10.1. The van der Waals surface area contributed by atoms with Crippen LogP contribution in [-0.4, -0.2) is 68.4 Å². The summed E-state index contributed by atoms with van der Waals surface area (Å²) in [6, 6.07) is 7.67. The van der Waals surface area contributed by atoms with Gasteiger partial charge in [-0.05, 0) is 71.7 Å². The van der Waals surface area contributed by atoms with Crippen molar-refractivity contribution in [1.29, 1.82) is 0 Å². The van der Waals surface area contributed by atoms with E-state index in [0.29, 0.717) is 31.2 Å². The quantitative estimate of drug-likeness (QED) is 0.499. The molecule has 34 heavy (non-hydrogen) atoms. The number of nitrogens with zero attached hydrogens (tertiary/aromatic N) is 4. The molecular formula is C25H37N5O3S. The third-order valence-corrected chi connectivity index (χ3v) is 8.21. The highest BCUT2D eigenvalue weighted by Gasteiger charge is 2.28. The first kappa shape index (κ1) is 24.8. The van der Waals surface area contributed by atoms with Gasteiger partial charge in [0.15, 0.2) is 0 Å². The second-order valence-corrected chi connectivity index (χ2v) is 12.1. The number of morpholine rings is 1. The molecule has 186 valence electrons. The van der Waals surface area contributed by atoms with Gasteiger partial charge in [0.1, 0.15) is 0 Å². The van der Waals surface area contributed by atoms with Gasteiger partial charge in [0.25, 0.3) is 0 Å². The topological polar surface area (TPSA) is 79.2 Å². The summed E-state index contributed by atoms with van der Waals surface area (Å²) >= 11 is 0. The molecule has 0 spiro atoms. The summed E-state index contributed by atoms with van der Waals surface area (Å²) in [4.78, 5) is 2.68. The number of ether oxygens (including phenoxy) is 1. The molecule has 2 saturated heterocycles. The molecule has 0 bridgehead atoms. The van der Waals surface area contributed by atoms with E-state index in [-0.39, 0.29) is 5.54 Å². The number of aryl methyl sites for hydroxylation is 1. The lowest BCUT2D eigenvalue weighted by Crippen LogP contribution is -2.40. The van der Waals surface area contributed by atoms with Crippen molar-refractivity contribution in [2.75, 3.05) is 44.3 Å². The van der Waals surface area contributed by atoms with Gasteiger partial charge in [-0.1, -0.05) is 0 Å². The Bertz CT molecular complexity index is 1150. The zero-order chi connectivity index (χ0) is 24.5. The molecule has 0 unspecified atom stereocenters. The van der Waals surface area contributed by atoms with Crippen LogP contribution in [0.4, 0.5) is 5.69 Å². The molecule has 2 aromatic rings. The Morgan fingerprint density at radius 3 is 2.32 bits per heavy atom. The van der Waals surface area contributed by atoms with Crippen LogP contribution in [0.15, 0.2) is 34.3 Å². The molecule has 3 heterocycles. The summed E-state index contributed by atoms with van der Waals surface area (Å²) in [5.41, 5.74) is 8.06.